The smallest absolute Gasteiger partial charge is 0.231 e. The maximum Gasteiger partial charge on any atom is 0.231 e. The number of methoxy groups -OCH3 is 2. The molecule has 92 valence electrons. The van der Waals surface area contributed by atoms with Gasteiger partial charge in [-0.3, -0.25) is 0 Å². The molecule has 0 radical (unpaired) electrons. The third-order valence-corrected chi connectivity index (χ3v) is 2.20. The second-order valence-corrected chi connectivity index (χ2v) is 3.66. The van der Waals surface area contributed by atoms with E-state index in [-0.39, 0.29) is 5.92 Å². The molecule has 0 saturated heterocycles. The van der Waals surface area contributed by atoms with Crippen molar-refractivity contribution in [2.24, 2.45) is 5.92 Å². The first kappa shape index (κ1) is 13.0. The average Bonchev–Trinajstić information content (AvgIpc) is 2.37. The van der Waals surface area contributed by atoms with E-state index in [0.29, 0.717) is 24.3 Å². The molecule has 1 aromatic heterocycles. The van der Waals surface area contributed by atoms with Crippen molar-refractivity contribution in [3.8, 4) is 17.8 Å². The Morgan fingerprint density at radius 2 is 1.88 bits per heavy atom. The van der Waals surface area contributed by atoms with Gasteiger partial charge in [-0.2, -0.15) is 15.2 Å². The van der Waals surface area contributed by atoms with Gasteiger partial charge in [-0.1, -0.05) is 0 Å². The summed E-state index contributed by atoms with van der Waals surface area (Å²) in [5, 5.41) is 8.77. The van der Waals surface area contributed by atoms with Gasteiger partial charge in [0.05, 0.1) is 32.3 Å². The molecule has 6 heteroatoms. The fourth-order valence-corrected chi connectivity index (χ4v) is 1.31. The summed E-state index contributed by atoms with van der Waals surface area (Å²) in [6.45, 7) is 2.39. The van der Waals surface area contributed by atoms with Crippen molar-refractivity contribution >= 4 is 5.95 Å². The quantitative estimate of drug-likeness (QED) is 0.762. The van der Waals surface area contributed by atoms with Gasteiger partial charge in [0, 0.05) is 13.6 Å². The molecular formula is C11H16N4O2. The molecular weight excluding hydrogens is 220 g/mol. The number of anilines is 1. The highest BCUT2D eigenvalue weighted by atomic mass is 16.5. The second-order valence-electron chi connectivity index (χ2n) is 3.66. The van der Waals surface area contributed by atoms with Gasteiger partial charge in [0.2, 0.25) is 17.7 Å². The van der Waals surface area contributed by atoms with E-state index >= 15 is 0 Å². The Kier molecular flexibility index (Phi) is 4.52. The lowest BCUT2D eigenvalue weighted by atomic mass is 10.2. The van der Waals surface area contributed by atoms with E-state index in [2.05, 4.69) is 16.0 Å². The summed E-state index contributed by atoms with van der Waals surface area (Å²) < 4.78 is 10.1. The molecule has 0 spiro atoms. The van der Waals surface area contributed by atoms with Crippen molar-refractivity contribution in [1.82, 2.24) is 9.97 Å². The van der Waals surface area contributed by atoms with Crippen molar-refractivity contribution in [3.05, 3.63) is 6.07 Å². The summed E-state index contributed by atoms with van der Waals surface area (Å²) in [5.41, 5.74) is 0. The molecule has 0 aliphatic heterocycles. The molecule has 0 aliphatic carbocycles. The predicted molar refractivity (Wildman–Crippen MR) is 63.2 cm³/mol. The van der Waals surface area contributed by atoms with Crippen molar-refractivity contribution < 1.29 is 9.47 Å². The van der Waals surface area contributed by atoms with Crippen molar-refractivity contribution in [1.29, 1.82) is 5.26 Å². The Balaban J connectivity index is 2.92. The Morgan fingerprint density at radius 1 is 1.35 bits per heavy atom. The molecule has 17 heavy (non-hydrogen) atoms. The molecule has 0 amide bonds. The maximum atomic E-state index is 8.77. The van der Waals surface area contributed by atoms with E-state index in [9.17, 15) is 0 Å². The van der Waals surface area contributed by atoms with E-state index in [1.54, 1.807) is 11.0 Å². The Bertz CT molecular complexity index is 394. The zero-order valence-electron chi connectivity index (χ0n) is 10.5. The van der Waals surface area contributed by atoms with E-state index in [0.717, 1.165) is 0 Å². The zero-order chi connectivity index (χ0) is 12.8. The third kappa shape index (κ3) is 3.48. The Morgan fingerprint density at radius 3 is 2.29 bits per heavy atom. The Hall–Kier alpha value is -2.03. The molecule has 0 fully saturated rings. The molecule has 1 atom stereocenters. The topological polar surface area (TPSA) is 71.3 Å². The van der Waals surface area contributed by atoms with Gasteiger partial charge in [-0.05, 0) is 6.92 Å². The normalized spacial score (nSPS) is 11.5. The van der Waals surface area contributed by atoms with Crippen LogP contribution < -0.4 is 14.4 Å². The molecule has 0 saturated carbocycles. The van der Waals surface area contributed by atoms with Gasteiger partial charge >= 0.3 is 0 Å². The second kappa shape index (κ2) is 5.89. The minimum Gasteiger partial charge on any atom is -0.481 e. The zero-order valence-corrected chi connectivity index (χ0v) is 10.5. The molecule has 0 aromatic carbocycles. The van der Waals surface area contributed by atoms with Crippen molar-refractivity contribution in [3.63, 3.8) is 0 Å². The van der Waals surface area contributed by atoms with Crippen LogP contribution in [-0.4, -0.2) is 37.8 Å². The number of ether oxygens (including phenoxy) is 2. The molecule has 1 rings (SSSR count). The SMILES string of the molecule is COc1cc(OC)nc(N(C)CC(C)C#N)n1. The molecule has 0 aliphatic rings. The number of nitrogens with zero attached hydrogens (tertiary/aromatic N) is 4. The first-order valence-corrected chi connectivity index (χ1v) is 5.18. The Labute approximate surface area is 101 Å². The summed E-state index contributed by atoms with van der Waals surface area (Å²) in [7, 11) is 4.88. The monoisotopic (exact) mass is 236 g/mol. The largest absolute Gasteiger partial charge is 0.481 e. The van der Waals surface area contributed by atoms with Crippen LogP contribution in [-0.2, 0) is 0 Å². The molecule has 1 aromatic rings. The van der Waals surface area contributed by atoms with Crippen LogP contribution in [0, 0.1) is 17.2 Å². The van der Waals surface area contributed by atoms with Gasteiger partial charge in [0.15, 0.2) is 0 Å². The van der Waals surface area contributed by atoms with Crippen LogP contribution in [0.1, 0.15) is 6.92 Å². The number of hydrogen-bond donors (Lipinski definition) is 0. The van der Waals surface area contributed by atoms with Crippen molar-refractivity contribution in [2.45, 2.75) is 6.92 Å². The third-order valence-electron chi connectivity index (χ3n) is 2.20. The van der Waals surface area contributed by atoms with Crippen LogP contribution in [0.2, 0.25) is 0 Å². The number of nitriles is 1. The lowest BCUT2D eigenvalue weighted by Gasteiger charge is -2.18. The van der Waals surface area contributed by atoms with E-state index in [4.69, 9.17) is 14.7 Å². The lowest BCUT2D eigenvalue weighted by molar-refractivity contribution is 0.371. The highest BCUT2D eigenvalue weighted by Gasteiger charge is 2.12. The van der Waals surface area contributed by atoms with Gasteiger partial charge in [0.25, 0.3) is 0 Å². The van der Waals surface area contributed by atoms with Gasteiger partial charge in [-0.25, -0.2) is 0 Å². The summed E-state index contributed by atoms with van der Waals surface area (Å²) in [6.07, 6.45) is 0. The van der Waals surface area contributed by atoms with Crippen molar-refractivity contribution in [2.75, 3.05) is 32.7 Å². The molecule has 0 N–H and O–H groups in total. The maximum absolute atomic E-state index is 8.77. The summed E-state index contributed by atoms with van der Waals surface area (Å²) in [6, 6.07) is 3.77. The first-order chi connectivity index (χ1) is 8.10. The number of aromatic nitrogens is 2. The van der Waals surface area contributed by atoms with E-state index < -0.39 is 0 Å². The summed E-state index contributed by atoms with van der Waals surface area (Å²) >= 11 is 0. The van der Waals surface area contributed by atoms with Crippen LogP contribution in [0.4, 0.5) is 5.95 Å². The molecule has 6 nitrogen and oxygen atoms in total. The minimum atomic E-state index is -0.0965. The lowest BCUT2D eigenvalue weighted by Crippen LogP contribution is -2.25. The van der Waals surface area contributed by atoms with Gasteiger partial charge in [0.1, 0.15) is 0 Å². The first-order valence-electron chi connectivity index (χ1n) is 5.18. The highest BCUT2D eigenvalue weighted by Crippen LogP contribution is 2.19. The predicted octanol–water partition coefficient (Wildman–Crippen LogP) is 1.09. The molecule has 0 bridgehead atoms. The summed E-state index contributed by atoms with van der Waals surface area (Å²) in [5.74, 6) is 1.25. The molecule has 1 heterocycles. The van der Waals surface area contributed by atoms with Crippen LogP contribution in [0.25, 0.3) is 0 Å². The average molecular weight is 236 g/mol. The van der Waals surface area contributed by atoms with E-state index in [1.807, 2.05) is 14.0 Å². The fourth-order valence-electron chi connectivity index (χ4n) is 1.31. The standard InChI is InChI=1S/C11H16N4O2/c1-8(6-12)7-15(2)11-13-9(16-3)5-10(14-11)17-4/h5,8H,7H2,1-4H3. The van der Waals surface area contributed by atoms with Crippen LogP contribution in [0.5, 0.6) is 11.8 Å². The fraction of sp³-hybridized carbons (Fsp3) is 0.545. The highest BCUT2D eigenvalue weighted by molar-refractivity contribution is 5.36. The number of hydrogen-bond acceptors (Lipinski definition) is 6. The molecule has 1 unspecified atom stereocenters. The van der Waals surface area contributed by atoms with Crippen LogP contribution >= 0.6 is 0 Å². The van der Waals surface area contributed by atoms with Crippen LogP contribution in [0.15, 0.2) is 6.07 Å². The summed E-state index contributed by atoms with van der Waals surface area (Å²) in [4.78, 5) is 10.2. The van der Waals surface area contributed by atoms with Gasteiger partial charge in [-0.15, -0.1) is 0 Å². The van der Waals surface area contributed by atoms with E-state index in [1.165, 1.54) is 14.2 Å². The number of rotatable bonds is 5. The van der Waals surface area contributed by atoms with Gasteiger partial charge < -0.3 is 14.4 Å². The minimum absolute atomic E-state index is 0.0965. The van der Waals surface area contributed by atoms with Crippen LogP contribution in [0.3, 0.4) is 0 Å².